The Hall–Kier alpha value is -4.21. The number of amides is 2. The number of anilines is 1. The third-order valence-electron chi connectivity index (χ3n) is 4.79. The molecule has 0 spiro atoms. The summed E-state index contributed by atoms with van der Waals surface area (Å²) < 4.78 is 0. The van der Waals surface area contributed by atoms with Crippen LogP contribution in [0.4, 0.5) is 5.13 Å². The highest BCUT2D eigenvalue weighted by molar-refractivity contribution is 7.14. The molecule has 1 aromatic heterocycles. The molecule has 0 radical (unpaired) electrons. The van der Waals surface area contributed by atoms with Crippen LogP contribution in [0.5, 0.6) is 0 Å². The van der Waals surface area contributed by atoms with E-state index in [9.17, 15) is 9.59 Å². The van der Waals surface area contributed by atoms with E-state index in [1.807, 2.05) is 72.1 Å². The van der Waals surface area contributed by atoms with Gasteiger partial charge in [-0.15, -0.1) is 11.3 Å². The number of hydrogen-bond donors (Lipinski definition) is 2. The fourth-order valence-electron chi connectivity index (χ4n) is 3.02. The fraction of sp³-hybridized carbons (Fsp3) is 0.0741. The molecule has 0 saturated heterocycles. The fourth-order valence-corrected chi connectivity index (χ4v) is 3.74. The van der Waals surface area contributed by atoms with Gasteiger partial charge < -0.3 is 5.32 Å². The summed E-state index contributed by atoms with van der Waals surface area (Å²) in [5, 5.41) is 8.06. The van der Waals surface area contributed by atoms with E-state index in [1.54, 1.807) is 12.1 Å². The van der Waals surface area contributed by atoms with Gasteiger partial charge in [-0.05, 0) is 42.0 Å². The summed E-state index contributed by atoms with van der Waals surface area (Å²) in [6.45, 7) is 1.98. The Bertz CT molecular complexity index is 1320. The van der Waals surface area contributed by atoms with Gasteiger partial charge in [0, 0.05) is 41.1 Å². The van der Waals surface area contributed by atoms with Gasteiger partial charge in [-0.25, -0.2) is 4.98 Å². The molecule has 0 aliphatic heterocycles. The van der Waals surface area contributed by atoms with Crippen molar-refractivity contribution >= 4 is 28.3 Å². The first-order valence-corrected chi connectivity index (χ1v) is 11.2. The quantitative estimate of drug-likeness (QED) is 0.415. The monoisotopic (exact) mass is 451 g/mol. The average Bonchev–Trinajstić information content (AvgIpc) is 3.31. The molecule has 0 aliphatic carbocycles. The van der Waals surface area contributed by atoms with Crippen molar-refractivity contribution in [3.63, 3.8) is 0 Å². The normalized spacial score (nSPS) is 10.1. The number of rotatable bonds is 5. The lowest BCUT2D eigenvalue weighted by Gasteiger charge is -2.04. The number of benzene rings is 3. The number of nitrogens with one attached hydrogen (secondary N) is 2. The molecule has 4 rings (SSSR count). The van der Waals surface area contributed by atoms with E-state index < -0.39 is 0 Å². The molecular formula is C27H21N3O2S. The number of aromatic nitrogens is 1. The topological polar surface area (TPSA) is 71.1 Å². The summed E-state index contributed by atoms with van der Waals surface area (Å²) in [5.74, 6) is 5.93. The lowest BCUT2D eigenvalue weighted by Crippen LogP contribution is -2.18. The minimum absolute atomic E-state index is 0.0614. The standard InChI is InChI=1S/C27H21N3O2S/c1-19(31)28-17-22-11-13-23(14-12-22)25-18-33-27(29-25)30-26(32)24-15-9-21(10-16-24)8-7-20-5-3-2-4-6-20/h2-6,9-16,18H,17H2,1H3,(H,28,31)(H,29,30,32). The van der Waals surface area contributed by atoms with Crippen molar-refractivity contribution < 1.29 is 9.59 Å². The van der Waals surface area contributed by atoms with Crippen LogP contribution in [0.25, 0.3) is 11.3 Å². The van der Waals surface area contributed by atoms with Crippen molar-refractivity contribution in [2.75, 3.05) is 5.32 Å². The molecule has 6 heteroatoms. The van der Waals surface area contributed by atoms with Crippen molar-refractivity contribution in [3.05, 3.63) is 106 Å². The van der Waals surface area contributed by atoms with Crippen LogP contribution in [0.3, 0.4) is 0 Å². The number of carbonyl (C=O) groups is 2. The zero-order valence-electron chi connectivity index (χ0n) is 18.0. The maximum atomic E-state index is 12.6. The van der Waals surface area contributed by atoms with E-state index in [1.165, 1.54) is 18.3 Å². The van der Waals surface area contributed by atoms with Crippen LogP contribution in [0, 0.1) is 11.8 Å². The van der Waals surface area contributed by atoms with Gasteiger partial charge in [0.15, 0.2) is 5.13 Å². The van der Waals surface area contributed by atoms with E-state index in [2.05, 4.69) is 27.5 Å². The summed E-state index contributed by atoms with van der Waals surface area (Å²) in [6, 6.07) is 24.7. The van der Waals surface area contributed by atoms with Gasteiger partial charge in [-0.2, -0.15) is 0 Å². The van der Waals surface area contributed by atoms with Gasteiger partial charge >= 0.3 is 0 Å². The van der Waals surface area contributed by atoms with Crippen molar-refractivity contribution in [2.45, 2.75) is 13.5 Å². The number of hydrogen-bond acceptors (Lipinski definition) is 4. The molecule has 2 amide bonds. The Morgan fingerprint density at radius 1 is 0.879 bits per heavy atom. The molecule has 0 saturated carbocycles. The van der Waals surface area contributed by atoms with Gasteiger partial charge in [0.2, 0.25) is 5.91 Å². The highest BCUT2D eigenvalue weighted by atomic mass is 32.1. The molecule has 33 heavy (non-hydrogen) atoms. The second kappa shape index (κ2) is 10.4. The Morgan fingerprint density at radius 3 is 2.21 bits per heavy atom. The van der Waals surface area contributed by atoms with Crippen LogP contribution in [0.1, 0.15) is 34.0 Å². The van der Waals surface area contributed by atoms with Crippen molar-refractivity contribution in [3.8, 4) is 23.1 Å². The van der Waals surface area contributed by atoms with E-state index in [0.717, 1.165) is 27.9 Å². The van der Waals surface area contributed by atoms with Gasteiger partial charge in [0.25, 0.3) is 5.91 Å². The molecule has 5 nitrogen and oxygen atoms in total. The van der Waals surface area contributed by atoms with Crippen LogP contribution in [-0.4, -0.2) is 16.8 Å². The molecule has 162 valence electrons. The van der Waals surface area contributed by atoms with Gasteiger partial charge in [0.1, 0.15) is 0 Å². The third-order valence-corrected chi connectivity index (χ3v) is 5.55. The van der Waals surface area contributed by atoms with Crippen LogP contribution in [0.2, 0.25) is 0 Å². The molecule has 0 unspecified atom stereocenters. The maximum absolute atomic E-state index is 12.6. The summed E-state index contributed by atoms with van der Waals surface area (Å²) in [6.07, 6.45) is 0. The van der Waals surface area contributed by atoms with Gasteiger partial charge in [-0.1, -0.05) is 54.3 Å². The Balaban J connectivity index is 1.37. The van der Waals surface area contributed by atoms with E-state index in [0.29, 0.717) is 17.2 Å². The molecule has 3 aromatic carbocycles. The first kappa shape index (κ1) is 22.0. The first-order valence-electron chi connectivity index (χ1n) is 10.3. The maximum Gasteiger partial charge on any atom is 0.257 e. The summed E-state index contributed by atoms with van der Waals surface area (Å²) in [7, 11) is 0. The third kappa shape index (κ3) is 6.16. The summed E-state index contributed by atoms with van der Waals surface area (Å²) >= 11 is 1.37. The predicted molar refractivity (Wildman–Crippen MR) is 132 cm³/mol. The molecular weight excluding hydrogens is 430 g/mol. The van der Waals surface area contributed by atoms with E-state index >= 15 is 0 Å². The Kier molecular flexibility index (Phi) is 6.93. The summed E-state index contributed by atoms with van der Waals surface area (Å²) in [4.78, 5) is 28.2. The van der Waals surface area contributed by atoms with Gasteiger partial charge in [0.05, 0.1) is 5.69 Å². The lowest BCUT2D eigenvalue weighted by molar-refractivity contribution is -0.119. The zero-order valence-corrected chi connectivity index (χ0v) is 18.8. The molecule has 0 fully saturated rings. The SMILES string of the molecule is CC(=O)NCc1ccc(-c2csc(NC(=O)c3ccc(C#Cc4ccccc4)cc3)n2)cc1. The summed E-state index contributed by atoms with van der Waals surface area (Å²) in [5.41, 5.74) is 5.07. The van der Waals surface area contributed by atoms with Crippen LogP contribution in [-0.2, 0) is 11.3 Å². The predicted octanol–water partition coefficient (Wildman–Crippen LogP) is 5.10. The second-order valence-electron chi connectivity index (χ2n) is 7.29. The van der Waals surface area contributed by atoms with Crippen LogP contribution >= 0.6 is 11.3 Å². The lowest BCUT2D eigenvalue weighted by atomic mass is 10.1. The van der Waals surface area contributed by atoms with Crippen molar-refractivity contribution in [1.29, 1.82) is 0 Å². The second-order valence-corrected chi connectivity index (χ2v) is 8.15. The van der Waals surface area contributed by atoms with Gasteiger partial charge in [-0.3, -0.25) is 14.9 Å². The molecule has 0 bridgehead atoms. The van der Waals surface area contributed by atoms with Crippen molar-refractivity contribution in [2.24, 2.45) is 0 Å². The van der Waals surface area contributed by atoms with Crippen molar-refractivity contribution in [1.82, 2.24) is 10.3 Å². The molecule has 0 atom stereocenters. The zero-order chi connectivity index (χ0) is 23.0. The number of thiazole rings is 1. The first-order chi connectivity index (χ1) is 16.1. The minimum atomic E-state index is -0.218. The smallest absolute Gasteiger partial charge is 0.257 e. The number of carbonyl (C=O) groups excluding carboxylic acids is 2. The largest absolute Gasteiger partial charge is 0.352 e. The Labute approximate surface area is 196 Å². The highest BCUT2D eigenvalue weighted by Crippen LogP contribution is 2.25. The molecule has 0 aliphatic rings. The van der Waals surface area contributed by atoms with E-state index in [-0.39, 0.29) is 11.8 Å². The Morgan fingerprint density at radius 2 is 1.55 bits per heavy atom. The number of nitrogens with zero attached hydrogens (tertiary/aromatic N) is 1. The van der Waals surface area contributed by atoms with E-state index in [4.69, 9.17) is 0 Å². The minimum Gasteiger partial charge on any atom is -0.352 e. The molecule has 4 aromatic rings. The molecule has 2 N–H and O–H groups in total. The van der Waals surface area contributed by atoms with Crippen LogP contribution < -0.4 is 10.6 Å². The highest BCUT2D eigenvalue weighted by Gasteiger charge is 2.10. The molecule has 1 heterocycles. The van der Waals surface area contributed by atoms with Crippen LogP contribution in [0.15, 0.2) is 84.2 Å². The average molecular weight is 452 g/mol.